The molecule has 0 heterocycles. The van der Waals surface area contributed by atoms with Crippen molar-refractivity contribution in [3.8, 4) is 0 Å². The quantitative estimate of drug-likeness (QED) is 0.313. The molecule has 2 atom stereocenters. The maximum absolute atomic E-state index is 6.47. The van der Waals surface area contributed by atoms with Crippen LogP contribution < -0.4 is 0 Å². The van der Waals surface area contributed by atoms with Gasteiger partial charge in [0.15, 0.2) is 0 Å². The lowest BCUT2D eigenvalue weighted by Crippen LogP contribution is -2.38. The van der Waals surface area contributed by atoms with E-state index in [2.05, 4.69) is 32.9 Å². The molecule has 0 spiro atoms. The summed E-state index contributed by atoms with van der Waals surface area (Å²) in [7, 11) is -0.0701. The van der Waals surface area contributed by atoms with E-state index in [1.165, 1.54) is 0 Å². The minimum absolute atomic E-state index is 0.0550. The number of hydrogen-bond donors (Lipinski definition) is 0. The van der Waals surface area contributed by atoms with Gasteiger partial charge in [-0.2, -0.15) is 0 Å². The van der Waals surface area contributed by atoms with E-state index in [1.807, 2.05) is 38.1 Å². The summed E-state index contributed by atoms with van der Waals surface area (Å²) >= 11 is 0. The van der Waals surface area contributed by atoms with Crippen molar-refractivity contribution in [2.75, 3.05) is 7.11 Å². The van der Waals surface area contributed by atoms with Crippen molar-refractivity contribution in [2.45, 2.75) is 65.1 Å². The van der Waals surface area contributed by atoms with Crippen LogP contribution in [0.15, 0.2) is 42.2 Å². The number of ether oxygens (including phenoxy) is 2. The van der Waals surface area contributed by atoms with Crippen molar-refractivity contribution in [1.29, 1.82) is 0 Å². The van der Waals surface area contributed by atoms with Gasteiger partial charge in [-0.15, -0.1) is 0 Å². The average molecular weight is 337 g/mol. The van der Waals surface area contributed by atoms with Gasteiger partial charge in [-0.25, -0.2) is 0 Å². The third kappa shape index (κ3) is 5.48. The van der Waals surface area contributed by atoms with Gasteiger partial charge in [0.25, 0.3) is 0 Å². The third-order valence-electron chi connectivity index (χ3n) is 4.59. The summed E-state index contributed by atoms with van der Waals surface area (Å²) in [6.07, 6.45) is 1.46. The molecule has 0 bridgehead atoms. The molecule has 0 aliphatic carbocycles. The lowest BCUT2D eigenvalue weighted by molar-refractivity contribution is -0.144. The monoisotopic (exact) mass is 336 g/mol. The van der Waals surface area contributed by atoms with Crippen LogP contribution in [0.1, 0.15) is 46.3 Å². The highest BCUT2D eigenvalue weighted by molar-refractivity contribution is 6.73. The Kier molecular flexibility index (Phi) is 8.59. The van der Waals surface area contributed by atoms with Gasteiger partial charge < -0.3 is 13.9 Å². The van der Waals surface area contributed by atoms with Gasteiger partial charge in [-0.1, -0.05) is 51.1 Å². The van der Waals surface area contributed by atoms with Crippen molar-refractivity contribution in [3.05, 3.63) is 47.7 Å². The van der Waals surface area contributed by atoms with E-state index in [4.69, 9.17) is 13.9 Å². The molecule has 130 valence electrons. The van der Waals surface area contributed by atoms with Crippen molar-refractivity contribution >= 4 is 8.32 Å². The Balaban J connectivity index is 2.85. The Hall–Kier alpha value is -1.10. The molecular formula is C19H32O3Si. The SMILES string of the molecule is C/C=C(\O[Si](CC)(CC)CC)C(OC)O[C@H](C)c1ccccc1. The molecule has 1 rings (SSSR count). The number of rotatable bonds is 10. The molecule has 0 fully saturated rings. The van der Waals surface area contributed by atoms with E-state index in [9.17, 15) is 0 Å². The van der Waals surface area contributed by atoms with Gasteiger partial charge in [-0.05, 0) is 43.6 Å². The minimum Gasteiger partial charge on any atom is -0.543 e. The van der Waals surface area contributed by atoms with Gasteiger partial charge in [0.2, 0.25) is 14.6 Å². The van der Waals surface area contributed by atoms with Gasteiger partial charge in [-0.3, -0.25) is 0 Å². The summed E-state index contributed by atoms with van der Waals surface area (Å²) in [6, 6.07) is 13.5. The Labute approximate surface area is 142 Å². The van der Waals surface area contributed by atoms with E-state index in [0.717, 1.165) is 29.5 Å². The molecule has 0 aliphatic rings. The van der Waals surface area contributed by atoms with E-state index >= 15 is 0 Å². The fraction of sp³-hybridized carbons (Fsp3) is 0.579. The zero-order chi connectivity index (χ0) is 17.3. The van der Waals surface area contributed by atoms with Gasteiger partial charge in [0.05, 0.1) is 6.10 Å². The van der Waals surface area contributed by atoms with Crippen LogP contribution in [0, 0.1) is 0 Å². The number of methoxy groups -OCH3 is 1. The van der Waals surface area contributed by atoms with E-state index < -0.39 is 14.6 Å². The largest absolute Gasteiger partial charge is 0.543 e. The number of hydrogen-bond acceptors (Lipinski definition) is 3. The van der Waals surface area contributed by atoms with Crippen LogP contribution in [-0.4, -0.2) is 21.7 Å². The van der Waals surface area contributed by atoms with Crippen molar-refractivity contribution in [3.63, 3.8) is 0 Å². The van der Waals surface area contributed by atoms with Gasteiger partial charge in [0, 0.05) is 7.11 Å². The summed E-state index contributed by atoms with van der Waals surface area (Å²) in [5.74, 6) is 0.812. The van der Waals surface area contributed by atoms with Crippen LogP contribution >= 0.6 is 0 Å². The highest BCUT2D eigenvalue weighted by Gasteiger charge is 2.33. The van der Waals surface area contributed by atoms with Crippen molar-refractivity contribution < 1.29 is 13.9 Å². The maximum Gasteiger partial charge on any atom is 0.250 e. The first-order valence-electron chi connectivity index (χ1n) is 8.64. The average Bonchev–Trinajstić information content (AvgIpc) is 2.62. The van der Waals surface area contributed by atoms with Crippen molar-refractivity contribution in [1.82, 2.24) is 0 Å². The predicted octanol–water partition coefficient (Wildman–Crippen LogP) is 5.66. The highest BCUT2D eigenvalue weighted by Crippen LogP contribution is 2.29. The summed E-state index contributed by atoms with van der Waals surface area (Å²) in [6.45, 7) is 10.7. The predicted molar refractivity (Wildman–Crippen MR) is 98.8 cm³/mol. The summed E-state index contributed by atoms with van der Waals surface area (Å²) < 4.78 is 18.2. The summed E-state index contributed by atoms with van der Waals surface area (Å²) in [5.41, 5.74) is 1.13. The van der Waals surface area contributed by atoms with Crippen LogP contribution in [0.4, 0.5) is 0 Å². The molecule has 23 heavy (non-hydrogen) atoms. The standard InChI is InChI=1S/C19H32O3Si/c1-7-18(22-23(8-2,9-3)10-4)19(20-6)21-16(5)17-14-12-11-13-15-17/h7,11-16,19H,8-10H2,1-6H3/b18-7-/t16-,19?/m1/s1. The molecule has 1 aromatic rings. The molecule has 0 saturated carbocycles. The Bertz CT molecular complexity index is 460. The lowest BCUT2D eigenvalue weighted by atomic mass is 10.1. The minimum atomic E-state index is -1.74. The highest BCUT2D eigenvalue weighted by atomic mass is 28.4. The second-order valence-electron chi connectivity index (χ2n) is 5.79. The summed E-state index contributed by atoms with van der Waals surface area (Å²) in [5, 5.41) is 0. The number of allylic oxidation sites excluding steroid dienone is 1. The lowest BCUT2D eigenvalue weighted by Gasteiger charge is -2.33. The van der Waals surface area contributed by atoms with Crippen LogP contribution in [0.3, 0.4) is 0 Å². The first kappa shape index (κ1) is 19.9. The van der Waals surface area contributed by atoms with Gasteiger partial charge >= 0.3 is 0 Å². The zero-order valence-corrected chi connectivity index (χ0v) is 16.5. The Morgan fingerprint density at radius 2 is 1.65 bits per heavy atom. The van der Waals surface area contributed by atoms with E-state index in [-0.39, 0.29) is 6.10 Å². The molecule has 0 aromatic heterocycles. The molecule has 0 amide bonds. The van der Waals surface area contributed by atoms with Gasteiger partial charge in [0.1, 0.15) is 5.76 Å². The van der Waals surface area contributed by atoms with Crippen LogP contribution in [-0.2, 0) is 13.9 Å². The first-order valence-corrected chi connectivity index (χ1v) is 11.2. The Morgan fingerprint density at radius 3 is 2.09 bits per heavy atom. The maximum atomic E-state index is 6.47. The molecule has 0 saturated heterocycles. The zero-order valence-electron chi connectivity index (χ0n) is 15.5. The topological polar surface area (TPSA) is 27.7 Å². The molecule has 1 aromatic carbocycles. The van der Waals surface area contributed by atoms with E-state index in [0.29, 0.717) is 0 Å². The molecule has 0 radical (unpaired) electrons. The van der Waals surface area contributed by atoms with Crippen molar-refractivity contribution in [2.24, 2.45) is 0 Å². The molecule has 1 unspecified atom stereocenters. The second kappa shape index (κ2) is 9.91. The second-order valence-corrected chi connectivity index (χ2v) is 10.5. The van der Waals surface area contributed by atoms with E-state index in [1.54, 1.807) is 7.11 Å². The van der Waals surface area contributed by atoms with Crippen LogP contribution in [0.25, 0.3) is 0 Å². The Morgan fingerprint density at radius 1 is 1.09 bits per heavy atom. The van der Waals surface area contributed by atoms with Crippen LogP contribution in [0.5, 0.6) is 0 Å². The van der Waals surface area contributed by atoms with Crippen LogP contribution in [0.2, 0.25) is 18.1 Å². The number of benzene rings is 1. The molecule has 3 nitrogen and oxygen atoms in total. The molecular weight excluding hydrogens is 304 g/mol. The summed E-state index contributed by atoms with van der Waals surface area (Å²) in [4.78, 5) is 0. The smallest absolute Gasteiger partial charge is 0.250 e. The fourth-order valence-corrected chi connectivity index (χ4v) is 5.33. The normalized spacial score (nSPS) is 15.3. The molecule has 0 N–H and O–H groups in total. The first-order chi connectivity index (χ1) is 11.1. The molecule has 4 heteroatoms. The fourth-order valence-electron chi connectivity index (χ4n) is 2.69. The third-order valence-corrected chi connectivity index (χ3v) is 9.13. The molecule has 0 aliphatic heterocycles.